The second kappa shape index (κ2) is 10.7. The van der Waals surface area contributed by atoms with Crippen LogP contribution in [0.3, 0.4) is 0 Å². The Bertz CT molecular complexity index is 1370. The van der Waals surface area contributed by atoms with Crippen LogP contribution in [-0.2, 0) is 29.0 Å². The minimum absolute atomic E-state index is 0.0945. The number of hydrogen-bond acceptors (Lipinski definition) is 4. The Morgan fingerprint density at radius 1 is 1.03 bits per heavy atom. The van der Waals surface area contributed by atoms with Gasteiger partial charge in [0.1, 0.15) is 11.5 Å². The van der Waals surface area contributed by atoms with Gasteiger partial charge in [0.05, 0.1) is 12.5 Å². The molecule has 3 aromatic carbocycles. The van der Waals surface area contributed by atoms with Gasteiger partial charge in [-0.25, -0.2) is 0 Å². The zero-order valence-electron chi connectivity index (χ0n) is 19.9. The molecule has 36 heavy (non-hydrogen) atoms. The van der Waals surface area contributed by atoms with Crippen molar-refractivity contribution in [3.8, 4) is 11.5 Å². The Morgan fingerprint density at radius 3 is 2.69 bits per heavy atom. The van der Waals surface area contributed by atoms with Crippen LogP contribution in [0, 0.1) is 0 Å². The number of ether oxygens (including phenoxy) is 1. The number of amides is 1. The molecule has 0 fully saturated rings. The lowest BCUT2D eigenvalue weighted by Gasteiger charge is -2.28. The van der Waals surface area contributed by atoms with Gasteiger partial charge in [-0.2, -0.15) is 0 Å². The van der Waals surface area contributed by atoms with E-state index in [-0.39, 0.29) is 18.9 Å². The Morgan fingerprint density at radius 2 is 1.86 bits per heavy atom. The average molecular weight is 484 g/mol. The van der Waals surface area contributed by atoms with Gasteiger partial charge in [0.25, 0.3) is 0 Å². The maximum absolute atomic E-state index is 13.8. The molecular formula is C29H29N3O4. The first-order valence-corrected chi connectivity index (χ1v) is 12.2. The molecule has 1 atom stereocenters. The molecule has 2 heterocycles. The number of aromatic nitrogens is 1. The zero-order chi connectivity index (χ0) is 24.9. The van der Waals surface area contributed by atoms with Crippen LogP contribution in [0.25, 0.3) is 10.9 Å². The van der Waals surface area contributed by atoms with Crippen LogP contribution in [0.2, 0.25) is 0 Å². The average Bonchev–Trinajstić information content (AvgIpc) is 3.28. The molecule has 0 saturated heterocycles. The highest BCUT2D eigenvalue weighted by atomic mass is 16.5. The molecule has 0 saturated carbocycles. The summed E-state index contributed by atoms with van der Waals surface area (Å²) in [6.07, 6.45) is 2.96. The van der Waals surface area contributed by atoms with E-state index in [1.54, 1.807) is 4.90 Å². The van der Waals surface area contributed by atoms with E-state index in [0.29, 0.717) is 25.9 Å². The summed E-state index contributed by atoms with van der Waals surface area (Å²) < 4.78 is 6.17. The van der Waals surface area contributed by atoms with E-state index in [9.17, 15) is 14.7 Å². The summed E-state index contributed by atoms with van der Waals surface area (Å²) in [6, 6.07) is 23.1. The largest absolute Gasteiger partial charge is 0.481 e. The first kappa shape index (κ1) is 23.6. The Hall–Kier alpha value is -4.10. The van der Waals surface area contributed by atoms with Crippen molar-refractivity contribution in [3.63, 3.8) is 0 Å². The number of nitrogens with one attached hydrogen (secondary N) is 2. The van der Waals surface area contributed by atoms with Gasteiger partial charge in [0.15, 0.2) is 0 Å². The van der Waals surface area contributed by atoms with E-state index in [4.69, 9.17) is 4.74 Å². The molecule has 3 N–H and O–H groups in total. The van der Waals surface area contributed by atoms with Crippen molar-refractivity contribution in [2.24, 2.45) is 0 Å². The second-order valence-corrected chi connectivity index (χ2v) is 9.11. The quantitative estimate of drug-likeness (QED) is 0.388. The summed E-state index contributed by atoms with van der Waals surface area (Å²) in [6.45, 7) is 1.06. The van der Waals surface area contributed by atoms with Crippen molar-refractivity contribution < 1.29 is 19.4 Å². The predicted molar refractivity (Wildman–Crippen MR) is 138 cm³/mol. The van der Waals surface area contributed by atoms with Crippen LogP contribution < -0.4 is 10.1 Å². The second-order valence-electron chi connectivity index (χ2n) is 9.11. The summed E-state index contributed by atoms with van der Waals surface area (Å²) in [7, 11) is 0. The van der Waals surface area contributed by atoms with E-state index >= 15 is 0 Å². The minimum Gasteiger partial charge on any atom is -0.481 e. The van der Waals surface area contributed by atoms with Crippen molar-refractivity contribution in [2.75, 3.05) is 13.1 Å². The summed E-state index contributed by atoms with van der Waals surface area (Å²) in [4.78, 5) is 30.2. The number of fused-ring (bicyclic) bond motifs is 3. The number of benzene rings is 3. The van der Waals surface area contributed by atoms with E-state index in [2.05, 4.69) is 10.3 Å². The monoisotopic (exact) mass is 483 g/mol. The van der Waals surface area contributed by atoms with E-state index in [1.807, 2.05) is 79.0 Å². The number of rotatable bonds is 5. The van der Waals surface area contributed by atoms with Gasteiger partial charge < -0.3 is 25.0 Å². The first-order valence-electron chi connectivity index (χ1n) is 12.2. The Kier molecular flexibility index (Phi) is 7.00. The lowest BCUT2D eigenvalue weighted by Crippen LogP contribution is -2.48. The van der Waals surface area contributed by atoms with Crippen LogP contribution in [0.15, 0.2) is 79.0 Å². The Balaban J connectivity index is 1.51. The third kappa shape index (κ3) is 5.58. The predicted octanol–water partition coefficient (Wildman–Crippen LogP) is 4.52. The van der Waals surface area contributed by atoms with Gasteiger partial charge in [0.2, 0.25) is 5.91 Å². The molecule has 7 nitrogen and oxygen atoms in total. The summed E-state index contributed by atoms with van der Waals surface area (Å²) in [5.74, 6) is 0.457. The van der Waals surface area contributed by atoms with Crippen LogP contribution in [0.4, 0.5) is 0 Å². The van der Waals surface area contributed by atoms with Crippen LogP contribution >= 0.6 is 0 Å². The van der Waals surface area contributed by atoms with Gasteiger partial charge in [-0.05, 0) is 59.9 Å². The molecule has 184 valence electrons. The maximum Gasteiger partial charge on any atom is 0.305 e. The number of aliphatic carboxylic acids is 1. The van der Waals surface area contributed by atoms with Crippen LogP contribution in [-0.4, -0.2) is 46.0 Å². The molecular weight excluding hydrogens is 454 g/mol. The molecule has 7 heteroatoms. The molecule has 1 amide bonds. The highest BCUT2D eigenvalue weighted by Crippen LogP contribution is 2.28. The highest BCUT2D eigenvalue weighted by molar-refractivity contribution is 5.85. The molecule has 1 aliphatic heterocycles. The number of H-pyrrole nitrogens is 1. The summed E-state index contributed by atoms with van der Waals surface area (Å²) >= 11 is 0. The topological polar surface area (TPSA) is 94.7 Å². The number of carbonyl (C=O) groups is 2. The molecule has 0 aliphatic carbocycles. The lowest BCUT2D eigenvalue weighted by molar-refractivity contribution is -0.139. The van der Waals surface area contributed by atoms with Crippen LogP contribution in [0.5, 0.6) is 11.5 Å². The van der Waals surface area contributed by atoms with E-state index in [1.165, 1.54) is 0 Å². The fraction of sp³-hybridized carbons (Fsp3) is 0.241. The fourth-order valence-corrected chi connectivity index (χ4v) is 4.66. The summed E-state index contributed by atoms with van der Waals surface area (Å²) in [5, 5.41) is 13.8. The normalized spacial score (nSPS) is 16.4. The van der Waals surface area contributed by atoms with Gasteiger partial charge in [-0.15, -0.1) is 0 Å². The zero-order valence-corrected chi connectivity index (χ0v) is 19.9. The van der Waals surface area contributed by atoms with Crippen molar-refractivity contribution in [1.29, 1.82) is 0 Å². The number of carbonyl (C=O) groups excluding carboxylic acids is 1. The smallest absolute Gasteiger partial charge is 0.305 e. The molecule has 0 radical (unpaired) electrons. The fourth-order valence-electron chi connectivity index (χ4n) is 4.66. The highest BCUT2D eigenvalue weighted by Gasteiger charge is 2.25. The first-order chi connectivity index (χ1) is 17.5. The van der Waals surface area contributed by atoms with Crippen molar-refractivity contribution >= 4 is 22.8 Å². The third-order valence-electron chi connectivity index (χ3n) is 6.56. The van der Waals surface area contributed by atoms with Crippen molar-refractivity contribution in [3.05, 3.63) is 95.7 Å². The number of carboxylic acid groups (broad SMARTS) is 1. The molecule has 0 unspecified atom stereocenters. The van der Waals surface area contributed by atoms with Crippen molar-refractivity contribution in [1.82, 2.24) is 15.2 Å². The van der Waals surface area contributed by atoms with Gasteiger partial charge in [-0.1, -0.05) is 42.5 Å². The molecule has 1 aliphatic rings. The molecule has 5 rings (SSSR count). The van der Waals surface area contributed by atoms with E-state index < -0.39 is 12.0 Å². The number of carboxylic acids is 1. The number of aromatic amines is 1. The van der Waals surface area contributed by atoms with Gasteiger partial charge >= 0.3 is 5.97 Å². The van der Waals surface area contributed by atoms with Crippen LogP contribution in [0.1, 0.15) is 23.1 Å². The number of hydrogen-bond donors (Lipinski definition) is 3. The van der Waals surface area contributed by atoms with Gasteiger partial charge in [-0.3, -0.25) is 9.59 Å². The SMILES string of the molecule is O=C(O)CCN1CCc2c[nH]c3ccc(cc23)Oc2cccc(c2)CN[C@@H](Cc2ccccc2)C1=O. The number of nitrogens with zero attached hydrogens (tertiary/aromatic N) is 1. The van der Waals surface area contributed by atoms with Gasteiger partial charge in [0, 0.05) is 36.7 Å². The van der Waals surface area contributed by atoms with E-state index in [0.717, 1.165) is 39.1 Å². The molecule has 4 aromatic rings. The third-order valence-corrected chi connectivity index (χ3v) is 6.56. The van der Waals surface area contributed by atoms with Crippen molar-refractivity contribution in [2.45, 2.75) is 31.8 Å². The molecule has 0 spiro atoms. The standard InChI is InChI=1S/C29H29N3O4/c33-28(34)12-14-32-13-11-22-19-31-26-10-9-24(17-25(22)26)36-23-8-4-7-21(15-23)18-30-27(29(32)35)16-20-5-2-1-3-6-20/h1-10,15,17,19,27,30-31H,11-14,16,18H2,(H,33,34)/t27-/m0/s1. The minimum atomic E-state index is -0.919. The molecule has 1 aromatic heterocycles. The maximum atomic E-state index is 13.8. The molecule has 4 bridgehead atoms. The Labute approximate surface area is 209 Å². The lowest BCUT2D eigenvalue weighted by atomic mass is 10.0. The summed E-state index contributed by atoms with van der Waals surface area (Å²) in [5.41, 5.74) is 4.08.